The van der Waals surface area contributed by atoms with Crippen LogP contribution in [0.25, 0.3) is 0 Å². The van der Waals surface area contributed by atoms with E-state index in [0.717, 1.165) is 24.3 Å². The third-order valence-corrected chi connectivity index (χ3v) is 3.83. The number of nitrogens with zero attached hydrogens (tertiary/aromatic N) is 2. The van der Waals surface area contributed by atoms with Crippen molar-refractivity contribution in [2.45, 2.75) is 39.2 Å². The number of aromatic nitrogens is 1. The van der Waals surface area contributed by atoms with Gasteiger partial charge in [-0.3, -0.25) is 0 Å². The Morgan fingerprint density at radius 1 is 1.15 bits per heavy atom. The zero-order valence-electron chi connectivity index (χ0n) is 16.0. The van der Waals surface area contributed by atoms with Crippen LogP contribution in [0.4, 0.5) is 0 Å². The first kappa shape index (κ1) is 23.0. The second-order valence-electron chi connectivity index (χ2n) is 5.97. The van der Waals surface area contributed by atoms with Crippen molar-refractivity contribution in [2.24, 2.45) is 10.7 Å². The van der Waals surface area contributed by atoms with Crippen molar-refractivity contribution in [2.75, 3.05) is 13.7 Å². The molecule has 2 aromatic rings. The number of nitrogens with one attached hydrogen (secondary N) is 1. The lowest BCUT2D eigenvalue weighted by Crippen LogP contribution is -2.32. The van der Waals surface area contributed by atoms with Crippen LogP contribution in [-0.4, -0.2) is 24.6 Å². The number of guanidine groups is 1. The highest BCUT2D eigenvalue weighted by molar-refractivity contribution is 14.0. The molecule has 0 saturated heterocycles. The molecule has 1 heterocycles. The van der Waals surface area contributed by atoms with Crippen molar-refractivity contribution < 1.29 is 9.47 Å². The third-order valence-electron chi connectivity index (χ3n) is 3.83. The molecule has 0 unspecified atom stereocenters. The molecule has 0 radical (unpaired) electrons. The molecular weight excluding hydrogens is 455 g/mol. The smallest absolute Gasteiger partial charge is 0.219 e. The van der Waals surface area contributed by atoms with Crippen LogP contribution in [0, 0.1) is 0 Å². The SMILES string of the molecule is CCCCCCNC(N)=NCc1ccc(Oc2cccc(OC)c2)nc1.I. The van der Waals surface area contributed by atoms with Crippen molar-refractivity contribution in [3.8, 4) is 17.4 Å². The number of hydrogen-bond acceptors (Lipinski definition) is 4. The Hall–Kier alpha value is -2.03. The lowest BCUT2D eigenvalue weighted by Gasteiger charge is -2.07. The highest BCUT2D eigenvalue weighted by Crippen LogP contribution is 2.23. The fourth-order valence-corrected chi connectivity index (χ4v) is 2.35. The van der Waals surface area contributed by atoms with Crippen molar-refractivity contribution >= 4 is 29.9 Å². The van der Waals surface area contributed by atoms with Gasteiger partial charge < -0.3 is 20.5 Å². The van der Waals surface area contributed by atoms with Crippen molar-refractivity contribution in [3.63, 3.8) is 0 Å². The second-order valence-corrected chi connectivity index (χ2v) is 5.97. The first-order chi connectivity index (χ1) is 12.7. The number of hydrogen-bond donors (Lipinski definition) is 2. The molecule has 148 valence electrons. The Morgan fingerprint density at radius 3 is 2.67 bits per heavy atom. The molecule has 0 fully saturated rings. The summed E-state index contributed by atoms with van der Waals surface area (Å²) >= 11 is 0. The van der Waals surface area contributed by atoms with E-state index in [2.05, 4.69) is 22.2 Å². The van der Waals surface area contributed by atoms with E-state index in [-0.39, 0.29) is 24.0 Å². The van der Waals surface area contributed by atoms with Crippen molar-refractivity contribution in [3.05, 3.63) is 48.2 Å². The lowest BCUT2D eigenvalue weighted by atomic mass is 10.2. The van der Waals surface area contributed by atoms with Crippen LogP contribution in [-0.2, 0) is 6.54 Å². The predicted molar refractivity (Wildman–Crippen MR) is 120 cm³/mol. The number of benzene rings is 1. The maximum absolute atomic E-state index is 5.88. The summed E-state index contributed by atoms with van der Waals surface area (Å²) in [6.07, 6.45) is 6.56. The van der Waals surface area contributed by atoms with E-state index < -0.39 is 0 Å². The summed E-state index contributed by atoms with van der Waals surface area (Å²) in [5.41, 5.74) is 6.85. The molecule has 7 heteroatoms. The first-order valence-electron chi connectivity index (χ1n) is 9.02. The van der Waals surface area contributed by atoms with Crippen LogP contribution < -0.4 is 20.5 Å². The summed E-state index contributed by atoms with van der Waals surface area (Å²) in [6, 6.07) is 11.2. The number of halogens is 1. The van der Waals surface area contributed by atoms with Gasteiger partial charge in [-0.15, -0.1) is 24.0 Å². The Kier molecular flexibility index (Phi) is 11.2. The highest BCUT2D eigenvalue weighted by atomic mass is 127. The van der Waals surface area contributed by atoms with Crippen molar-refractivity contribution in [1.29, 1.82) is 0 Å². The summed E-state index contributed by atoms with van der Waals surface area (Å²) in [6.45, 7) is 3.55. The van der Waals surface area contributed by atoms with Gasteiger partial charge in [-0.2, -0.15) is 0 Å². The van der Waals surface area contributed by atoms with Crippen molar-refractivity contribution in [1.82, 2.24) is 10.3 Å². The molecule has 0 bridgehead atoms. The monoisotopic (exact) mass is 484 g/mol. The molecule has 2 rings (SSSR count). The predicted octanol–water partition coefficient (Wildman–Crippen LogP) is 4.49. The van der Waals surface area contributed by atoms with Gasteiger partial charge in [0.25, 0.3) is 0 Å². The van der Waals surface area contributed by atoms with Gasteiger partial charge in [-0.1, -0.05) is 38.3 Å². The number of aliphatic imine (C=N–C) groups is 1. The molecule has 1 aromatic carbocycles. The number of rotatable bonds is 10. The van der Waals surface area contributed by atoms with Gasteiger partial charge in [0.2, 0.25) is 5.88 Å². The van der Waals surface area contributed by atoms with Gasteiger partial charge in [0.15, 0.2) is 5.96 Å². The molecule has 6 nitrogen and oxygen atoms in total. The number of nitrogens with two attached hydrogens (primary N) is 1. The minimum atomic E-state index is 0. The zero-order valence-corrected chi connectivity index (χ0v) is 18.3. The maximum Gasteiger partial charge on any atom is 0.219 e. The van der Waals surface area contributed by atoms with E-state index in [1.165, 1.54) is 19.3 Å². The zero-order chi connectivity index (χ0) is 18.6. The van der Waals surface area contributed by atoms with E-state index >= 15 is 0 Å². The third kappa shape index (κ3) is 8.94. The fourth-order valence-electron chi connectivity index (χ4n) is 2.35. The summed E-state index contributed by atoms with van der Waals surface area (Å²) in [5.74, 6) is 2.41. The van der Waals surface area contributed by atoms with Crippen LogP contribution in [0.2, 0.25) is 0 Å². The van der Waals surface area contributed by atoms with Crippen LogP contribution in [0.3, 0.4) is 0 Å². The lowest BCUT2D eigenvalue weighted by molar-refractivity contribution is 0.407. The van der Waals surface area contributed by atoms with Crippen LogP contribution in [0.1, 0.15) is 38.2 Å². The van der Waals surface area contributed by atoms with Gasteiger partial charge in [0.05, 0.1) is 13.7 Å². The summed E-state index contributed by atoms with van der Waals surface area (Å²) in [7, 11) is 1.62. The molecule has 0 aliphatic heterocycles. The van der Waals surface area contributed by atoms with Crippen LogP contribution in [0.15, 0.2) is 47.6 Å². The Morgan fingerprint density at radius 2 is 1.96 bits per heavy atom. The Bertz CT molecular complexity index is 693. The Balaban J connectivity index is 0.00000364. The highest BCUT2D eigenvalue weighted by Gasteiger charge is 2.01. The van der Waals surface area contributed by atoms with Crippen LogP contribution in [0.5, 0.6) is 17.4 Å². The molecule has 0 aliphatic rings. The normalized spacial score (nSPS) is 10.8. The van der Waals surface area contributed by atoms with E-state index in [0.29, 0.717) is 24.1 Å². The molecule has 3 N–H and O–H groups in total. The standard InChI is InChI=1S/C20H28N4O2.HI/c1-3-4-5-6-12-22-20(21)24-15-16-10-11-19(23-14-16)26-18-9-7-8-17(13-18)25-2;/h7-11,13-14H,3-6,12,15H2,1-2H3,(H3,21,22,24);1H. The average Bonchev–Trinajstić information content (AvgIpc) is 2.67. The minimum absolute atomic E-state index is 0. The first-order valence-corrected chi connectivity index (χ1v) is 9.02. The largest absolute Gasteiger partial charge is 0.497 e. The van der Waals surface area contributed by atoms with Crippen LogP contribution >= 0.6 is 24.0 Å². The molecule has 0 atom stereocenters. The quantitative estimate of drug-likeness (QED) is 0.225. The fraction of sp³-hybridized carbons (Fsp3) is 0.400. The maximum atomic E-state index is 5.88. The second kappa shape index (κ2) is 13.2. The van der Waals surface area contributed by atoms with Gasteiger partial charge in [0.1, 0.15) is 11.5 Å². The van der Waals surface area contributed by atoms with E-state index in [1.54, 1.807) is 13.3 Å². The molecule has 27 heavy (non-hydrogen) atoms. The van der Waals surface area contributed by atoms with E-state index in [1.807, 2.05) is 36.4 Å². The molecule has 1 aromatic heterocycles. The molecule has 0 saturated carbocycles. The minimum Gasteiger partial charge on any atom is -0.497 e. The van der Waals surface area contributed by atoms with Gasteiger partial charge in [-0.05, 0) is 24.1 Å². The number of unbranched alkanes of at least 4 members (excludes halogenated alkanes) is 3. The summed E-state index contributed by atoms with van der Waals surface area (Å²) < 4.78 is 10.9. The summed E-state index contributed by atoms with van der Waals surface area (Å²) in [4.78, 5) is 8.64. The molecule has 0 amide bonds. The molecule has 0 aliphatic carbocycles. The number of pyridine rings is 1. The van der Waals surface area contributed by atoms with Gasteiger partial charge in [-0.25, -0.2) is 9.98 Å². The Labute approximate surface area is 178 Å². The van der Waals surface area contributed by atoms with E-state index in [9.17, 15) is 0 Å². The summed E-state index contributed by atoms with van der Waals surface area (Å²) in [5, 5.41) is 3.14. The van der Waals surface area contributed by atoms with E-state index in [4.69, 9.17) is 15.2 Å². The topological polar surface area (TPSA) is 81.8 Å². The molecule has 0 spiro atoms. The number of ether oxygens (including phenoxy) is 2. The van der Waals surface area contributed by atoms with Gasteiger partial charge in [0, 0.05) is 24.9 Å². The average molecular weight is 484 g/mol. The number of methoxy groups -OCH3 is 1. The van der Waals surface area contributed by atoms with Gasteiger partial charge >= 0.3 is 0 Å². The molecular formula is C20H29IN4O2.